The van der Waals surface area contributed by atoms with Crippen LogP contribution in [0.2, 0.25) is 0 Å². The quantitative estimate of drug-likeness (QED) is 0.727. The zero-order valence-electron chi connectivity index (χ0n) is 8.22. The standard InChI is InChI=1S/C10H16ClNO2/c11-7-10(4-5-10)12-9(13)8-3-1-2-6-14-8/h8H,1-7H2,(H,12,13). The summed E-state index contributed by atoms with van der Waals surface area (Å²) in [6.45, 7) is 0.714. The number of nitrogens with one attached hydrogen (secondary N) is 1. The molecule has 1 aliphatic heterocycles. The molecule has 2 aliphatic rings. The number of hydrogen-bond acceptors (Lipinski definition) is 2. The average molecular weight is 218 g/mol. The van der Waals surface area contributed by atoms with E-state index in [-0.39, 0.29) is 17.6 Å². The minimum atomic E-state index is -0.232. The van der Waals surface area contributed by atoms with Crippen molar-refractivity contribution in [2.45, 2.75) is 43.7 Å². The van der Waals surface area contributed by atoms with E-state index in [1.807, 2.05) is 0 Å². The van der Waals surface area contributed by atoms with Crippen molar-refractivity contribution in [3.8, 4) is 0 Å². The van der Waals surface area contributed by atoms with Gasteiger partial charge in [0.15, 0.2) is 0 Å². The Morgan fingerprint density at radius 1 is 1.50 bits per heavy atom. The molecule has 1 N–H and O–H groups in total. The van der Waals surface area contributed by atoms with Crippen LogP contribution in [0.25, 0.3) is 0 Å². The second-order valence-electron chi connectivity index (χ2n) is 4.26. The highest BCUT2D eigenvalue weighted by molar-refractivity contribution is 6.19. The molecule has 1 unspecified atom stereocenters. The molecule has 0 bridgehead atoms. The van der Waals surface area contributed by atoms with Gasteiger partial charge in [0.2, 0.25) is 5.91 Å². The maximum Gasteiger partial charge on any atom is 0.249 e. The van der Waals surface area contributed by atoms with Crippen LogP contribution in [0.1, 0.15) is 32.1 Å². The SMILES string of the molecule is O=C(NC1(CCl)CC1)C1CCCCO1. The molecule has 0 spiro atoms. The minimum absolute atomic E-state index is 0.0304. The topological polar surface area (TPSA) is 38.3 Å². The summed E-state index contributed by atoms with van der Waals surface area (Å²) in [4.78, 5) is 11.7. The first kappa shape index (κ1) is 10.2. The molecule has 4 heteroatoms. The fourth-order valence-corrected chi connectivity index (χ4v) is 2.07. The molecule has 0 aromatic carbocycles. The molecule has 80 valence electrons. The summed E-state index contributed by atoms with van der Waals surface area (Å²) in [6.07, 6.45) is 4.80. The van der Waals surface area contributed by atoms with E-state index < -0.39 is 0 Å². The van der Waals surface area contributed by atoms with Crippen LogP contribution in [0.5, 0.6) is 0 Å². The van der Waals surface area contributed by atoms with Crippen molar-refractivity contribution in [1.82, 2.24) is 5.32 Å². The molecule has 0 aromatic heterocycles. The molecular weight excluding hydrogens is 202 g/mol. The zero-order chi connectivity index (χ0) is 10.0. The second-order valence-corrected chi connectivity index (χ2v) is 4.53. The van der Waals surface area contributed by atoms with Gasteiger partial charge in [0.25, 0.3) is 0 Å². The summed E-state index contributed by atoms with van der Waals surface area (Å²) in [5, 5.41) is 2.99. The predicted molar refractivity (Wildman–Crippen MR) is 54.4 cm³/mol. The van der Waals surface area contributed by atoms with Gasteiger partial charge < -0.3 is 10.1 Å². The third-order valence-corrected chi connectivity index (χ3v) is 3.48. The molecule has 1 aliphatic carbocycles. The van der Waals surface area contributed by atoms with Crippen LogP contribution in [0.3, 0.4) is 0 Å². The molecular formula is C10H16ClNO2. The Labute approximate surface area is 89.1 Å². The first-order valence-corrected chi connectivity index (χ1v) is 5.79. The molecule has 1 saturated carbocycles. The number of halogens is 1. The van der Waals surface area contributed by atoms with E-state index >= 15 is 0 Å². The molecule has 14 heavy (non-hydrogen) atoms. The molecule has 3 nitrogen and oxygen atoms in total. The van der Waals surface area contributed by atoms with Gasteiger partial charge in [-0.1, -0.05) is 0 Å². The largest absolute Gasteiger partial charge is 0.368 e. The van der Waals surface area contributed by atoms with Gasteiger partial charge in [0.05, 0.1) is 5.54 Å². The van der Waals surface area contributed by atoms with E-state index in [0.717, 1.165) is 32.1 Å². The van der Waals surface area contributed by atoms with Gasteiger partial charge in [-0.25, -0.2) is 0 Å². The maximum atomic E-state index is 11.7. The molecule has 2 rings (SSSR count). The summed E-state index contributed by atoms with van der Waals surface area (Å²) in [6, 6.07) is 0. The minimum Gasteiger partial charge on any atom is -0.368 e. The summed E-state index contributed by atoms with van der Waals surface area (Å²) in [5.41, 5.74) is -0.0978. The monoisotopic (exact) mass is 217 g/mol. The van der Waals surface area contributed by atoms with Crippen molar-refractivity contribution in [1.29, 1.82) is 0 Å². The maximum absolute atomic E-state index is 11.7. The molecule has 1 heterocycles. The fourth-order valence-electron chi connectivity index (χ4n) is 1.73. The van der Waals surface area contributed by atoms with Gasteiger partial charge >= 0.3 is 0 Å². The summed E-state index contributed by atoms with van der Waals surface area (Å²) in [5.74, 6) is 0.550. The molecule has 1 amide bonds. The van der Waals surface area contributed by atoms with Crippen molar-refractivity contribution >= 4 is 17.5 Å². The third-order valence-electron chi connectivity index (χ3n) is 2.97. The molecule has 0 radical (unpaired) electrons. The van der Waals surface area contributed by atoms with Crippen molar-refractivity contribution in [2.75, 3.05) is 12.5 Å². The molecule has 1 atom stereocenters. The predicted octanol–water partition coefficient (Wildman–Crippen LogP) is 1.44. The lowest BCUT2D eigenvalue weighted by atomic mass is 10.1. The zero-order valence-corrected chi connectivity index (χ0v) is 8.98. The van der Waals surface area contributed by atoms with Gasteiger partial charge in [-0.15, -0.1) is 11.6 Å². The highest BCUT2D eigenvalue weighted by Crippen LogP contribution is 2.36. The molecule has 0 aromatic rings. The van der Waals surface area contributed by atoms with Gasteiger partial charge in [-0.05, 0) is 32.1 Å². The Morgan fingerprint density at radius 3 is 2.79 bits per heavy atom. The second kappa shape index (κ2) is 4.07. The van der Waals surface area contributed by atoms with E-state index in [2.05, 4.69) is 5.32 Å². The van der Waals surface area contributed by atoms with Crippen LogP contribution in [-0.2, 0) is 9.53 Å². The number of amides is 1. The van der Waals surface area contributed by atoms with Crippen molar-refractivity contribution in [2.24, 2.45) is 0 Å². The van der Waals surface area contributed by atoms with Crippen molar-refractivity contribution in [3.05, 3.63) is 0 Å². The van der Waals surface area contributed by atoms with Crippen LogP contribution in [0.15, 0.2) is 0 Å². The number of carbonyl (C=O) groups is 1. The van der Waals surface area contributed by atoms with E-state index in [9.17, 15) is 4.79 Å². The highest BCUT2D eigenvalue weighted by Gasteiger charge is 2.44. The third kappa shape index (κ3) is 2.20. The number of rotatable bonds is 3. The van der Waals surface area contributed by atoms with Crippen LogP contribution < -0.4 is 5.32 Å². The Morgan fingerprint density at radius 2 is 2.29 bits per heavy atom. The Kier molecular flexibility index (Phi) is 2.98. The normalized spacial score (nSPS) is 29.6. The molecule has 2 fully saturated rings. The lowest BCUT2D eigenvalue weighted by Gasteiger charge is -2.24. The van der Waals surface area contributed by atoms with Gasteiger partial charge in [-0.2, -0.15) is 0 Å². The van der Waals surface area contributed by atoms with E-state index in [0.29, 0.717) is 12.5 Å². The Bertz CT molecular complexity index is 222. The molecule has 1 saturated heterocycles. The lowest BCUT2D eigenvalue weighted by Crippen LogP contribution is -2.45. The van der Waals surface area contributed by atoms with Crippen LogP contribution in [-0.4, -0.2) is 30.0 Å². The number of ether oxygens (including phenoxy) is 1. The van der Waals surface area contributed by atoms with Crippen LogP contribution >= 0.6 is 11.6 Å². The lowest BCUT2D eigenvalue weighted by molar-refractivity contribution is -0.136. The number of hydrogen-bond donors (Lipinski definition) is 1. The van der Waals surface area contributed by atoms with Crippen LogP contribution in [0, 0.1) is 0 Å². The summed E-state index contributed by atoms with van der Waals surface area (Å²) in [7, 11) is 0. The van der Waals surface area contributed by atoms with E-state index in [1.165, 1.54) is 0 Å². The van der Waals surface area contributed by atoms with Gasteiger partial charge in [0, 0.05) is 12.5 Å². The van der Waals surface area contributed by atoms with E-state index in [4.69, 9.17) is 16.3 Å². The van der Waals surface area contributed by atoms with Crippen LogP contribution in [0.4, 0.5) is 0 Å². The number of alkyl halides is 1. The first-order chi connectivity index (χ1) is 6.76. The highest BCUT2D eigenvalue weighted by atomic mass is 35.5. The fraction of sp³-hybridized carbons (Fsp3) is 0.900. The summed E-state index contributed by atoms with van der Waals surface area (Å²) < 4.78 is 5.40. The van der Waals surface area contributed by atoms with Crippen molar-refractivity contribution in [3.63, 3.8) is 0 Å². The number of carbonyl (C=O) groups excluding carboxylic acids is 1. The smallest absolute Gasteiger partial charge is 0.249 e. The van der Waals surface area contributed by atoms with Crippen molar-refractivity contribution < 1.29 is 9.53 Å². The Hall–Kier alpha value is -0.280. The summed E-state index contributed by atoms with van der Waals surface area (Å²) >= 11 is 5.78. The van der Waals surface area contributed by atoms with Gasteiger partial charge in [-0.3, -0.25) is 4.79 Å². The Balaban J connectivity index is 1.82. The van der Waals surface area contributed by atoms with Gasteiger partial charge in [0.1, 0.15) is 6.10 Å². The first-order valence-electron chi connectivity index (χ1n) is 5.25. The van der Waals surface area contributed by atoms with E-state index in [1.54, 1.807) is 0 Å². The average Bonchev–Trinajstić information content (AvgIpc) is 3.00.